The molecule has 0 bridgehead atoms. The summed E-state index contributed by atoms with van der Waals surface area (Å²) in [6, 6.07) is 9.02. The molecule has 1 N–H and O–H groups in total. The van der Waals surface area contributed by atoms with E-state index in [1.165, 1.54) is 30.0 Å². The van der Waals surface area contributed by atoms with Crippen LogP contribution in [0.2, 0.25) is 5.02 Å². The van der Waals surface area contributed by atoms with Crippen molar-refractivity contribution in [1.82, 2.24) is 4.57 Å². The monoisotopic (exact) mass is 360 g/mol. The van der Waals surface area contributed by atoms with Crippen LogP contribution in [0.15, 0.2) is 42.6 Å². The molecule has 0 spiro atoms. The van der Waals surface area contributed by atoms with Crippen molar-refractivity contribution in [2.75, 3.05) is 7.11 Å². The minimum atomic E-state index is -0.644. The number of aromatic nitrogens is 1. The summed E-state index contributed by atoms with van der Waals surface area (Å²) in [5.74, 6) is 0.0490. The van der Waals surface area contributed by atoms with Crippen molar-refractivity contribution in [2.24, 2.45) is 0 Å². The number of carbonyl (C=O) groups is 1. The highest BCUT2D eigenvalue weighted by atomic mass is 35.5. The number of aliphatic hydroxyl groups excluding tert-OH is 1. The summed E-state index contributed by atoms with van der Waals surface area (Å²) in [7, 11) is 1.50. The van der Waals surface area contributed by atoms with E-state index in [0.29, 0.717) is 22.2 Å². The molecule has 0 aliphatic heterocycles. The third kappa shape index (κ3) is 2.84. The molecule has 0 unspecified atom stereocenters. The lowest BCUT2D eigenvalue weighted by molar-refractivity contribution is -0.384. The number of nitro benzene ring substituents is 1. The molecule has 0 amide bonds. The molecule has 3 rings (SSSR count). The van der Waals surface area contributed by atoms with E-state index in [2.05, 4.69) is 0 Å². The second kappa shape index (κ2) is 6.54. The van der Waals surface area contributed by atoms with Crippen molar-refractivity contribution in [3.8, 4) is 5.75 Å². The molecule has 1 heterocycles. The van der Waals surface area contributed by atoms with Crippen molar-refractivity contribution in [3.63, 3.8) is 0 Å². The summed E-state index contributed by atoms with van der Waals surface area (Å²) in [6.45, 7) is -0.280. The number of nitrogens with zero attached hydrogens (tertiary/aromatic N) is 2. The van der Waals surface area contributed by atoms with E-state index in [9.17, 15) is 20.0 Å². The maximum atomic E-state index is 12.9. The van der Waals surface area contributed by atoms with Crippen LogP contribution in [0.1, 0.15) is 15.9 Å². The van der Waals surface area contributed by atoms with Gasteiger partial charge in [-0.05, 0) is 24.3 Å². The minimum Gasteiger partial charge on any atom is -0.496 e. The zero-order chi connectivity index (χ0) is 18.1. The summed E-state index contributed by atoms with van der Waals surface area (Å²) < 4.78 is 6.62. The molecular weight excluding hydrogens is 348 g/mol. The van der Waals surface area contributed by atoms with E-state index in [4.69, 9.17) is 16.3 Å². The van der Waals surface area contributed by atoms with E-state index in [0.717, 1.165) is 6.07 Å². The molecule has 2 aromatic carbocycles. The fourth-order valence-electron chi connectivity index (χ4n) is 2.72. The SMILES string of the molecule is COc1cccc2c1c(CO)cn2C(=O)c1ccc(Cl)c([N+](=O)[O-])c1. The van der Waals surface area contributed by atoms with Gasteiger partial charge in [0.05, 0.1) is 24.2 Å². The summed E-state index contributed by atoms with van der Waals surface area (Å²) in [5, 5.41) is 21.2. The number of halogens is 1. The molecule has 0 aliphatic carbocycles. The highest BCUT2D eigenvalue weighted by molar-refractivity contribution is 6.32. The molecule has 0 radical (unpaired) electrons. The minimum absolute atomic E-state index is 0.0448. The number of ether oxygens (including phenoxy) is 1. The van der Waals surface area contributed by atoms with Gasteiger partial charge in [0, 0.05) is 28.8 Å². The quantitative estimate of drug-likeness (QED) is 0.568. The normalized spacial score (nSPS) is 10.8. The van der Waals surface area contributed by atoms with Crippen molar-refractivity contribution >= 4 is 34.1 Å². The molecule has 7 nitrogen and oxygen atoms in total. The van der Waals surface area contributed by atoms with E-state index in [1.54, 1.807) is 18.2 Å². The number of hydrogen-bond acceptors (Lipinski definition) is 5. The maximum Gasteiger partial charge on any atom is 0.288 e. The Morgan fingerprint density at radius 2 is 2.12 bits per heavy atom. The van der Waals surface area contributed by atoms with E-state index >= 15 is 0 Å². The van der Waals surface area contributed by atoms with E-state index in [1.807, 2.05) is 0 Å². The largest absolute Gasteiger partial charge is 0.496 e. The Morgan fingerprint density at radius 3 is 2.76 bits per heavy atom. The molecule has 0 saturated carbocycles. The Hall–Kier alpha value is -2.90. The number of fused-ring (bicyclic) bond motifs is 1. The smallest absolute Gasteiger partial charge is 0.288 e. The van der Waals surface area contributed by atoms with Gasteiger partial charge in [0.15, 0.2) is 0 Å². The predicted octanol–water partition coefficient (Wildman–Crippen LogP) is 3.39. The first kappa shape index (κ1) is 16.9. The van der Waals surface area contributed by atoms with Crippen LogP contribution in [0.4, 0.5) is 5.69 Å². The standard InChI is InChI=1S/C17H13ClN2O5/c1-25-15-4-2-3-13-16(15)11(9-21)8-19(13)17(22)10-5-6-12(18)14(7-10)20(23)24/h2-8,21H,9H2,1H3. The predicted molar refractivity (Wildman–Crippen MR) is 92.2 cm³/mol. The first-order chi connectivity index (χ1) is 12.0. The second-order valence-corrected chi connectivity index (χ2v) is 5.67. The fraction of sp³-hybridized carbons (Fsp3) is 0.118. The molecular formula is C17H13ClN2O5. The van der Waals surface area contributed by atoms with Crippen molar-refractivity contribution in [3.05, 3.63) is 68.9 Å². The number of methoxy groups -OCH3 is 1. The Bertz CT molecular complexity index is 996. The number of aliphatic hydroxyl groups is 1. The van der Waals surface area contributed by atoms with Gasteiger partial charge in [-0.3, -0.25) is 19.5 Å². The van der Waals surface area contributed by atoms with E-state index in [-0.39, 0.29) is 22.9 Å². The Kier molecular flexibility index (Phi) is 4.43. The van der Waals surface area contributed by atoms with Gasteiger partial charge in [0.2, 0.25) is 0 Å². The van der Waals surface area contributed by atoms with Gasteiger partial charge >= 0.3 is 0 Å². The number of carbonyl (C=O) groups excluding carboxylic acids is 1. The van der Waals surface area contributed by atoms with Crippen LogP contribution < -0.4 is 4.74 Å². The Balaban J connectivity index is 2.19. The molecule has 0 saturated heterocycles. The van der Waals surface area contributed by atoms with Gasteiger partial charge in [0.25, 0.3) is 11.6 Å². The van der Waals surface area contributed by atoms with Crippen LogP contribution in [0.5, 0.6) is 5.75 Å². The maximum absolute atomic E-state index is 12.9. The van der Waals surface area contributed by atoms with E-state index < -0.39 is 10.8 Å². The van der Waals surface area contributed by atoms with Crippen LogP contribution in [0.3, 0.4) is 0 Å². The molecule has 0 fully saturated rings. The zero-order valence-electron chi connectivity index (χ0n) is 13.1. The van der Waals surface area contributed by atoms with Gasteiger partial charge < -0.3 is 9.84 Å². The lowest BCUT2D eigenvalue weighted by Crippen LogP contribution is -2.11. The van der Waals surface area contributed by atoms with Crippen LogP contribution in [-0.4, -0.2) is 27.6 Å². The first-order valence-corrected chi connectivity index (χ1v) is 7.62. The Labute approximate surface area is 147 Å². The lowest BCUT2D eigenvalue weighted by atomic mass is 10.1. The topological polar surface area (TPSA) is 94.6 Å². The first-order valence-electron chi connectivity index (χ1n) is 7.24. The van der Waals surface area contributed by atoms with Crippen LogP contribution >= 0.6 is 11.6 Å². The molecule has 128 valence electrons. The summed E-state index contributed by atoms with van der Waals surface area (Å²) in [5.41, 5.74) is 0.819. The lowest BCUT2D eigenvalue weighted by Gasteiger charge is -2.06. The number of nitro groups is 1. The van der Waals surface area contributed by atoms with Gasteiger partial charge in [-0.1, -0.05) is 17.7 Å². The van der Waals surface area contributed by atoms with Crippen LogP contribution in [0.25, 0.3) is 10.9 Å². The van der Waals surface area contributed by atoms with Crippen molar-refractivity contribution < 1.29 is 19.6 Å². The molecule has 8 heteroatoms. The highest BCUT2D eigenvalue weighted by Crippen LogP contribution is 2.32. The molecule has 25 heavy (non-hydrogen) atoms. The summed E-state index contributed by atoms with van der Waals surface area (Å²) in [6.07, 6.45) is 1.50. The van der Waals surface area contributed by atoms with Crippen LogP contribution in [0, 0.1) is 10.1 Å². The second-order valence-electron chi connectivity index (χ2n) is 5.27. The average Bonchev–Trinajstić information content (AvgIpc) is 3.00. The van der Waals surface area contributed by atoms with Gasteiger partial charge in [-0.2, -0.15) is 0 Å². The number of rotatable bonds is 4. The Morgan fingerprint density at radius 1 is 1.36 bits per heavy atom. The summed E-state index contributed by atoms with van der Waals surface area (Å²) >= 11 is 5.79. The van der Waals surface area contributed by atoms with Gasteiger partial charge in [0.1, 0.15) is 10.8 Å². The average molecular weight is 361 g/mol. The van der Waals surface area contributed by atoms with Crippen molar-refractivity contribution in [1.29, 1.82) is 0 Å². The summed E-state index contributed by atoms with van der Waals surface area (Å²) in [4.78, 5) is 23.2. The molecule has 1 aromatic heterocycles. The highest BCUT2D eigenvalue weighted by Gasteiger charge is 2.21. The third-order valence-corrected chi connectivity index (χ3v) is 4.19. The van der Waals surface area contributed by atoms with Crippen LogP contribution in [-0.2, 0) is 6.61 Å². The molecule has 3 aromatic rings. The number of benzene rings is 2. The van der Waals surface area contributed by atoms with Gasteiger partial charge in [-0.15, -0.1) is 0 Å². The fourth-order valence-corrected chi connectivity index (χ4v) is 2.90. The zero-order valence-corrected chi connectivity index (χ0v) is 13.9. The van der Waals surface area contributed by atoms with Gasteiger partial charge in [-0.25, -0.2) is 0 Å². The van der Waals surface area contributed by atoms with Crippen molar-refractivity contribution in [2.45, 2.75) is 6.61 Å². The molecule has 0 aliphatic rings. The number of hydrogen-bond donors (Lipinski definition) is 1. The third-order valence-electron chi connectivity index (χ3n) is 3.87. The molecule has 0 atom stereocenters.